The van der Waals surface area contributed by atoms with Gasteiger partial charge in [0.1, 0.15) is 5.92 Å². The van der Waals surface area contributed by atoms with Crippen molar-refractivity contribution in [2.75, 3.05) is 20.3 Å². The first kappa shape index (κ1) is 11.7. The van der Waals surface area contributed by atoms with Crippen LogP contribution in [0.25, 0.3) is 0 Å². The second-order valence-corrected chi connectivity index (χ2v) is 3.15. The molecule has 1 aromatic carbocycles. The van der Waals surface area contributed by atoms with E-state index in [-0.39, 0.29) is 11.9 Å². The number of hydrogen-bond donors (Lipinski definition) is 0. The van der Waals surface area contributed by atoms with Crippen molar-refractivity contribution in [1.82, 2.24) is 0 Å². The molecule has 0 N–H and O–H groups in total. The van der Waals surface area contributed by atoms with Crippen LogP contribution in [0, 0.1) is 0 Å². The molecule has 0 bridgehead atoms. The van der Waals surface area contributed by atoms with Crippen molar-refractivity contribution in [2.45, 2.75) is 12.8 Å². The number of benzene rings is 1. The maximum absolute atomic E-state index is 11.5. The number of ether oxygens (including phenoxy) is 2. The average Bonchev–Trinajstić information content (AvgIpc) is 2.30. The fourth-order valence-electron chi connectivity index (χ4n) is 1.36. The van der Waals surface area contributed by atoms with Crippen LogP contribution >= 0.6 is 0 Å². The van der Waals surface area contributed by atoms with Crippen LogP contribution in [-0.2, 0) is 14.3 Å². The molecule has 1 atom stereocenters. The van der Waals surface area contributed by atoms with Crippen molar-refractivity contribution in [3.63, 3.8) is 0 Å². The Morgan fingerprint density at radius 1 is 1.33 bits per heavy atom. The lowest BCUT2D eigenvalue weighted by molar-refractivity contribution is -0.143. The van der Waals surface area contributed by atoms with Gasteiger partial charge in [-0.15, -0.1) is 0 Å². The molecular formula is C12H16O3. The molecule has 0 aliphatic carbocycles. The standard InChI is InChI=1S/C12H16O3/c1-3-15-9-11(12(13)14-2)10-7-5-4-6-8-10/h4-8,11H,3,9H2,1-2H3. The summed E-state index contributed by atoms with van der Waals surface area (Å²) in [6, 6.07) is 9.52. The lowest BCUT2D eigenvalue weighted by atomic mass is 10.0. The summed E-state index contributed by atoms with van der Waals surface area (Å²) >= 11 is 0. The molecule has 0 saturated heterocycles. The second kappa shape index (κ2) is 6.19. The molecule has 82 valence electrons. The molecular weight excluding hydrogens is 192 g/mol. The average molecular weight is 208 g/mol. The van der Waals surface area contributed by atoms with Crippen LogP contribution in [0.5, 0.6) is 0 Å². The first-order valence-corrected chi connectivity index (χ1v) is 5.00. The van der Waals surface area contributed by atoms with Gasteiger partial charge in [0, 0.05) is 6.61 Å². The highest BCUT2D eigenvalue weighted by Gasteiger charge is 2.20. The Morgan fingerprint density at radius 2 is 2.00 bits per heavy atom. The molecule has 1 aromatic rings. The maximum Gasteiger partial charge on any atom is 0.315 e. The van der Waals surface area contributed by atoms with E-state index in [0.29, 0.717) is 13.2 Å². The Hall–Kier alpha value is -1.35. The Morgan fingerprint density at radius 3 is 2.53 bits per heavy atom. The molecule has 0 aromatic heterocycles. The third-order valence-corrected chi connectivity index (χ3v) is 2.18. The minimum Gasteiger partial charge on any atom is -0.468 e. The third-order valence-electron chi connectivity index (χ3n) is 2.18. The lowest BCUT2D eigenvalue weighted by Crippen LogP contribution is -2.19. The van der Waals surface area contributed by atoms with E-state index >= 15 is 0 Å². The van der Waals surface area contributed by atoms with Gasteiger partial charge in [-0.1, -0.05) is 30.3 Å². The van der Waals surface area contributed by atoms with Crippen LogP contribution in [-0.4, -0.2) is 26.3 Å². The smallest absolute Gasteiger partial charge is 0.315 e. The van der Waals surface area contributed by atoms with Crippen molar-refractivity contribution < 1.29 is 14.3 Å². The summed E-state index contributed by atoms with van der Waals surface area (Å²) in [4.78, 5) is 11.5. The molecule has 1 rings (SSSR count). The molecule has 0 aliphatic heterocycles. The van der Waals surface area contributed by atoms with E-state index in [1.807, 2.05) is 37.3 Å². The van der Waals surface area contributed by atoms with Crippen LogP contribution in [0.4, 0.5) is 0 Å². The fourth-order valence-corrected chi connectivity index (χ4v) is 1.36. The lowest BCUT2D eigenvalue weighted by Gasteiger charge is -2.14. The minimum atomic E-state index is -0.323. The number of rotatable bonds is 5. The molecule has 0 radical (unpaired) electrons. The summed E-state index contributed by atoms with van der Waals surface area (Å²) in [5, 5.41) is 0. The Kier molecular flexibility index (Phi) is 4.84. The molecule has 3 nitrogen and oxygen atoms in total. The Bertz CT molecular complexity index is 295. The number of hydrogen-bond acceptors (Lipinski definition) is 3. The number of carbonyl (C=O) groups is 1. The number of esters is 1. The van der Waals surface area contributed by atoms with Crippen LogP contribution in [0.1, 0.15) is 18.4 Å². The van der Waals surface area contributed by atoms with E-state index in [4.69, 9.17) is 9.47 Å². The van der Waals surface area contributed by atoms with E-state index in [2.05, 4.69) is 0 Å². The molecule has 0 heterocycles. The van der Waals surface area contributed by atoms with Crippen LogP contribution in [0.3, 0.4) is 0 Å². The predicted molar refractivity (Wildman–Crippen MR) is 57.7 cm³/mol. The monoisotopic (exact) mass is 208 g/mol. The van der Waals surface area contributed by atoms with Gasteiger partial charge in [0.25, 0.3) is 0 Å². The molecule has 0 saturated carbocycles. The van der Waals surface area contributed by atoms with Crippen LogP contribution < -0.4 is 0 Å². The van der Waals surface area contributed by atoms with E-state index in [9.17, 15) is 4.79 Å². The van der Waals surface area contributed by atoms with Gasteiger partial charge < -0.3 is 9.47 Å². The van der Waals surface area contributed by atoms with E-state index < -0.39 is 0 Å². The second-order valence-electron chi connectivity index (χ2n) is 3.15. The third kappa shape index (κ3) is 3.36. The number of methoxy groups -OCH3 is 1. The SMILES string of the molecule is CCOCC(C(=O)OC)c1ccccc1. The summed E-state index contributed by atoms with van der Waals surface area (Å²) in [5.41, 5.74) is 0.929. The zero-order chi connectivity index (χ0) is 11.1. The predicted octanol–water partition coefficient (Wildman–Crippen LogP) is 1.98. The maximum atomic E-state index is 11.5. The number of carbonyl (C=O) groups excluding carboxylic acids is 1. The Labute approximate surface area is 90.0 Å². The van der Waals surface area contributed by atoms with Crippen molar-refractivity contribution >= 4 is 5.97 Å². The molecule has 0 aliphatic rings. The molecule has 0 amide bonds. The topological polar surface area (TPSA) is 35.5 Å². The van der Waals surface area contributed by atoms with Gasteiger partial charge in [0.15, 0.2) is 0 Å². The largest absolute Gasteiger partial charge is 0.468 e. The summed E-state index contributed by atoms with van der Waals surface area (Å²) in [6.45, 7) is 2.87. The van der Waals surface area contributed by atoms with E-state index in [0.717, 1.165) is 5.56 Å². The highest BCUT2D eigenvalue weighted by molar-refractivity contribution is 5.78. The minimum absolute atomic E-state index is 0.255. The first-order valence-electron chi connectivity index (χ1n) is 5.00. The molecule has 1 unspecified atom stereocenters. The first-order chi connectivity index (χ1) is 7.29. The highest BCUT2D eigenvalue weighted by Crippen LogP contribution is 2.17. The normalized spacial score (nSPS) is 12.1. The van der Waals surface area contributed by atoms with Crippen molar-refractivity contribution in [3.05, 3.63) is 35.9 Å². The summed E-state index contributed by atoms with van der Waals surface area (Å²) in [6.07, 6.45) is 0. The molecule has 0 fully saturated rings. The fraction of sp³-hybridized carbons (Fsp3) is 0.417. The van der Waals surface area contributed by atoms with Crippen molar-refractivity contribution in [1.29, 1.82) is 0 Å². The van der Waals surface area contributed by atoms with Crippen LogP contribution in [0.15, 0.2) is 30.3 Å². The van der Waals surface area contributed by atoms with Gasteiger partial charge in [-0.25, -0.2) is 0 Å². The van der Waals surface area contributed by atoms with Gasteiger partial charge in [0.05, 0.1) is 13.7 Å². The summed E-state index contributed by atoms with van der Waals surface area (Å²) in [5.74, 6) is -0.578. The molecule has 0 spiro atoms. The van der Waals surface area contributed by atoms with Gasteiger partial charge in [-0.2, -0.15) is 0 Å². The highest BCUT2D eigenvalue weighted by atomic mass is 16.5. The quantitative estimate of drug-likeness (QED) is 0.694. The van der Waals surface area contributed by atoms with Gasteiger partial charge in [-0.3, -0.25) is 4.79 Å². The summed E-state index contributed by atoms with van der Waals surface area (Å²) in [7, 11) is 1.39. The van der Waals surface area contributed by atoms with E-state index in [1.165, 1.54) is 7.11 Å². The Balaban J connectivity index is 2.76. The molecule has 15 heavy (non-hydrogen) atoms. The molecule has 3 heteroatoms. The van der Waals surface area contributed by atoms with E-state index in [1.54, 1.807) is 0 Å². The zero-order valence-electron chi connectivity index (χ0n) is 9.10. The van der Waals surface area contributed by atoms with Crippen LogP contribution in [0.2, 0.25) is 0 Å². The van der Waals surface area contributed by atoms with Crippen molar-refractivity contribution in [3.8, 4) is 0 Å². The van der Waals surface area contributed by atoms with Gasteiger partial charge in [0.2, 0.25) is 0 Å². The van der Waals surface area contributed by atoms with Gasteiger partial charge >= 0.3 is 5.97 Å². The zero-order valence-corrected chi connectivity index (χ0v) is 9.10. The summed E-state index contributed by atoms with van der Waals surface area (Å²) < 4.78 is 10.0. The van der Waals surface area contributed by atoms with Gasteiger partial charge in [-0.05, 0) is 12.5 Å². The van der Waals surface area contributed by atoms with Crippen molar-refractivity contribution in [2.24, 2.45) is 0 Å².